The summed E-state index contributed by atoms with van der Waals surface area (Å²) in [5.41, 5.74) is 3.05. The Morgan fingerprint density at radius 3 is 2.33 bits per heavy atom. The van der Waals surface area contributed by atoms with Crippen LogP contribution >= 0.6 is 11.3 Å². The molecule has 0 aliphatic carbocycles. The average molecular weight is 442 g/mol. The van der Waals surface area contributed by atoms with Crippen LogP contribution in [0.1, 0.15) is 28.8 Å². The molecule has 8 heteroatoms. The van der Waals surface area contributed by atoms with E-state index < -0.39 is 10.0 Å². The van der Waals surface area contributed by atoms with Crippen molar-refractivity contribution < 1.29 is 13.2 Å². The Morgan fingerprint density at radius 1 is 0.967 bits per heavy atom. The zero-order valence-electron chi connectivity index (χ0n) is 16.5. The summed E-state index contributed by atoms with van der Waals surface area (Å²) < 4.78 is 27.1. The summed E-state index contributed by atoms with van der Waals surface area (Å²) in [6, 6.07) is 15.0. The van der Waals surface area contributed by atoms with Crippen molar-refractivity contribution in [2.75, 3.05) is 18.4 Å². The SMILES string of the molecule is O=C(Cc1ccc(S(=O)(=O)N2CCCC2)s1)Nc1ccc(Cc2ccncc2)cc1. The molecule has 1 aromatic carbocycles. The molecule has 0 spiro atoms. The number of carbonyl (C=O) groups excluding carboxylic acids is 1. The van der Waals surface area contributed by atoms with Crippen LogP contribution in [0.15, 0.2) is 65.1 Å². The van der Waals surface area contributed by atoms with Gasteiger partial charge in [0.2, 0.25) is 5.91 Å². The first-order valence-electron chi connectivity index (χ1n) is 9.87. The Kier molecular flexibility index (Phi) is 6.26. The van der Waals surface area contributed by atoms with Crippen molar-refractivity contribution in [3.05, 3.63) is 76.9 Å². The van der Waals surface area contributed by atoms with Crippen molar-refractivity contribution in [3.8, 4) is 0 Å². The van der Waals surface area contributed by atoms with Gasteiger partial charge >= 0.3 is 0 Å². The third-order valence-corrected chi connectivity index (χ3v) is 8.48. The van der Waals surface area contributed by atoms with Gasteiger partial charge in [-0.05, 0) is 66.8 Å². The molecule has 1 aliphatic rings. The topological polar surface area (TPSA) is 79.4 Å². The van der Waals surface area contributed by atoms with Crippen LogP contribution in [0.4, 0.5) is 5.69 Å². The second kappa shape index (κ2) is 9.07. The quantitative estimate of drug-likeness (QED) is 0.606. The van der Waals surface area contributed by atoms with E-state index in [-0.39, 0.29) is 12.3 Å². The third-order valence-electron chi connectivity index (χ3n) is 5.03. The van der Waals surface area contributed by atoms with Crippen molar-refractivity contribution in [3.63, 3.8) is 0 Å². The highest BCUT2D eigenvalue weighted by atomic mass is 32.2. The van der Waals surface area contributed by atoms with E-state index in [2.05, 4.69) is 10.3 Å². The number of nitrogens with zero attached hydrogens (tertiary/aromatic N) is 2. The lowest BCUT2D eigenvalue weighted by molar-refractivity contribution is -0.115. The van der Waals surface area contributed by atoms with E-state index in [1.165, 1.54) is 21.2 Å². The molecule has 3 heterocycles. The zero-order valence-corrected chi connectivity index (χ0v) is 18.1. The van der Waals surface area contributed by atoms with Gasteiger partial charge < -0.3 is 5.32 Å². The molecule has 1 fully saturated rings. The minimum Gasteiger partial charge on any atom is -0.326 e. The van der Waals surface area contributed by atoms with Gasteiger partial charge in [0.05, 0.1) is 6.42 Å². The van der Waals surface area contributed by atoms with Gasteiger partial charge in [-0.2, -0.15) is 4.31 Å². The van der Waals surface area contributed by atoms with Crippen molar-refractivity contribution in [1.82, 2.24) is 9.29 Å². The van der Waals surface area contributed by atoms with Gasteiger partial charge in [0.1, 0.15) is 4.21 Å². The number of thiophene rings is 1. The lowest BCUT2D eigenvalue weighted by atomic mass is 10.1. The van der Waals surface area contributed by atoms with Crippen molar-refractivity contribution in [2.24, 2.45) is 0 Å². The molecule has 1 saturated heterocycles. The summed E-state index contributed by atoms with van der Waals surface area (Å²) in [6.07, 6.45) is 6.31. The molecule has 3 aromatic rings. The van der Waals surface area contributed by atoms with Crippen LogP contribution in [0.3, 0.4) is 0 Å². The lowest BCUT2D eigenvalue weighted by Crippen LogP contribution is -2.27. The normalized spacial score (nSPS) is 14.7. The standard InChI is InChI=1S/C22H23N3O3S2/c26-21(16-20-7-8-22(29-20)30(27,28)25-13-1-2-14-25)24-19-5-3-17(4-6-19)15-18-9-11-23-12-10-18/h3-12H,1-2,13-16H2,(H,24,26). The van der Waals surface area contributed by atoms with Crippen LogP contribution in [-0.4, -0.2) is 36.7 Å². The van der Waals surface area contributed by atoms with Crippen molar-refractivity contribution in [2.45, 2.75) is 29.9 Å². The molecule has 156 valence electrons. The van der Waals surface area contributed by atoms with Crippen molar-refractivity contribution >= 4 is 33.0 Å². The molecule has 0 atom stereocenters. The van der Waals surface area contributed by atoms with Crippen molar-refractivity contribution in [1.29, 1.82) is 0 Å². The number of pyridine rings is 1. The van der Waals surface area contributed by atoms with Gasteiger partial charge in [-0.15, -0.1) is 11.3 Å². The summed E-state index contributed by atoms with van der Waals surface area (Å²) in [7, 11) is -3.43. The third kappa shape index (κ3) is 4.95. The van der Waals surface area contributed by atoms with E-state index >= 15 is 0 Å². The number of hydrogen-bond acceptors (Lipinski definition) is 5. The van der Waals surface area contributed by atoms with Gasteiger partial charge in [-0.1, -0.05) is 12.1 Å². The maximum Gasteiger partial charge on any atom is 0.252 e. The Morgan fingerprint density at radius 2 is 1.63 bits per heavy atom. The number of anilines is 1. The summed E-state index contributed by atoms with van der Waals surface area (Å²) in [5.74, 6) is -0.163. The molecular weight excluding hydrogens is 418 g/mol. The lowest BCUT2D eigenvalue weighted by Gasteiger charge is -2.13. The highest BCUT2D eigenvalue weighted by Gasteiger charge is 2.28. The first-order valence-corrected chi connectivity index (χ1v) is 12.1. The van der Waals surface area contributed by atoms with Crippen LogP contribution < -0.4 is 5.32 Å². The fourth-order valence-electron chi connectivity index (χ4n) is 3.45. The second-order valence-electron chi connectivity index (χ2n) is 7.29. The summed E-state index contributed by atoms with van der Waals surface area (Å²) >= 11 is 1.17. The van der Waals surface area contributed by atoms with E-state index in [1.807, 2.05) is 36.4 Å². The van der Waals surface area contributed by atoms with Crippen LogP contribution in [0.25, 0.3) is 0 Å². The van der Waals surface area contributed by atoms with Gasteiger partial charge in [-0.3, -0.25) is 9.78 Å². The van der Waals surface area contributed by atoms with Gasteiger partial charge in [0.25, 0.3) is 10.0 Å². The fourth-order valence-corrected chi connectivity index (χ4v) is 6.48. The summed E-state index contributed by atoms with van der Waals surface area (Å²) in [6.45, 7) is 1.15. The number of amides is 1. The number of hydrogen-bond donors (Lipinski definition) is 1. The first kappa shape index (κ1) is 20.7. The van der Waals surface area contributed by atoms with E-state index in [1.54, 1.807) is 24.5 Å². The predicted octanol–water partition coefficient (Wildman–Crippen LogP) is 3.70. The number of sulfonamides is 1. The Labute approximate surface area is 180 Å². The molecule has 0 unspecified atom stereocenters. The summed E-state index contributed by atoms with van der Waals surface area (Å²) in [4.78, 5) is 17.2. The fraction of sp³-hybridized carbons (Fsp3) is 0.273. The van der Waals surface area contributed by atoms with E-state index in [9.17, 15) is 13.2 Å². The van der Waals surface area contributed by atoms with Crippen LogP contribution in [0.2, 0.25) is 0 Å². The predicted molar refractivity (Wildman–Crippen MR) is 118 cm³/mol. The number of benzene rings is 1. The zero-order chi connectivity index (χ0) is 21.0. The van der Waals surface area contributed by atoms with Gasteiger partial charge in [0.15, 0.2) is 0 Å². The van der Waals surface area contributed by atoms with E-state index in [4.69, 9.17) is 0 Å². The highest BCUT2D eigenvalue weighted by Crippen LogP contribution is 2.27. The average Bonchev–Trinajstić information content (AvgIpc) is 3.43. The molecule has 0 bridgehead atoms. The van der Waals surface area contributed by atoms with E-state index in [0.29, 0.717) is 17.3 Å². The largest absolute Gasteiger partial charge is 0.326 e. The molecule has 1 N–H and O–H groups in total. The molecule has 6 nitrogen and oxygen atoms in total. The molecule has 2 aromatic heterocycles. The molecule has 0 radical (unpaired) electrons. The molecule has 1 aliphatic heterocycles. The first-order chi connectivity index (χ1) is 14.5. The van der Waals surface area contributed by atoms with Gasteiger partial charge in [0, 0.05) is 36.0 Å². The monoisotopic (exact) mass is 441 g/mol. The number of carbonyl (C=O) groups is 1. The molecule has 30 heavy (non-hydrogen) atoms. The minimum atomic E-state index is -3.43. The Bertz CT molecular complexity index is 1100. The van der Waals surface area contributed by atoms with Crippen LogP contribution in [0.5, 0.6) is 0 Å². The molecular formula is C22H23N3O3S2. The summed E-state index contributed by atoms with van der Waals surface area (Å²) in [5, 5.41) is 2.88. The Balaban J connectivity index is 1.34. The maximum atomic E-state index is 12.6. The second-order valence-corrected chi connectivity index (χ2v) is 10.6. The molecule has 0 saturated carbocycles. The van der Waals surface area contributed by atoms with Crippen LogP contribution in [0, 0.1) is 0 Å². The number of rotatable bonds is 7. The molecule has 1 amide bonds. The Hall–Kier alpha value is -2.55. The maximum absolute atomic E-state index is 12.6. The van der Waals surface area contributed by atoms with E-state index in [0.717, 1.165) is 35.4 Å². The highest BCUT2D eigenvalue weighted by molar-refractivity contribution is 7.91. The van der Waals surface area contributed by atoms with Gasteiger partial charge in [-0.25, -0.2) is 8.42 Å². The molecule has 4 rings (SSSR count). The number of aromatic nitrogens is 1. The number of nitrogens with one attached hydrogen (secondary N) is 1. The smallest absolute Gasteiger partial charge is 0.252 e. The minimum absolute atomic E-state index is 0.152. The van der Waals surface area contributed by atoms with Crippen LogP contribution in [-0.2, 0) is 27.7 Å².